The predicted molar refractivity (Wildman–Crippen MR) is 110 cm³/mol. The van der Waals surface area contributed by atoms with Crippen molar-refractivity contribution < 1.29 is 44.3 Å². The van der Waals surface area contributed by atoms with Gasteiger partial charge in [0.1, 0.15) is 0 Å². The summed E-state index contributed by atoms with van der Waals surface area (Å²) >= 11 is 0. The van der Waals surface area contributed by atoms with Gasteiger partial charge in [0.25, 0.3) is 0 Å². The fourth-order valence-corrected chi connectivity index (χ4v) is 3.52. The van der Waals surface area contributed by atoms with Crippen LogP contribution in [0.25, 0.3) is 0 Å². The van der Waals surface area contributed by atoms with Crippen molar-refractivity contribution in [3.8, 4) is 0 Å². The summed E-state index contributed by atoms with van der Waals surface area (Å²) in [6, 6.07) is 0. The molecule has 0 aliphatic carbocycles. The fourth-order valence-electron chi connectivity index (χ4n) is 3.00. The zero-order chi connectivity index (χ0) is 22.1. The molecule has 0 saturated heterocycles. The minimum atomic E-state index is -2.61. The van der Waals surface area contributed by atoms with Gasteiger partial charge in [-0.2, -0.15) is 0 Å². The van der Waals surface area contributed by atoms with Crippen molar-refractivity contribution in [1.82, 2.24) is 0 Å². The Morgan fingerprint density at radius 2 is 1.00 bits per heavy atom. The molecule has 0 heterocycles. The highest BCUT2D eigenvalue weighted by Crippen LogP contribution is 2.42. The van der Waals surface area contributed by atoms with E-state index in [9.17, 15) is 20.4 Å². The van der Waals surface area contributed by atoms with E-state index in [1.54, 1.807) is 0 Å². The molecule has 172 valence electrons. The van der Waals surface area contributed by atoms with E-state index in [4.69, 9.17) is 19.6 Å². The van der Waals surface area contributed by atoms with Gasteiger partial charge in [0.2, 0.25) is 0 Å². The first-order valence-electron chi connectivity index (χ1n) is 9.77. The second kappa shape index (κ2) is 18.3. The van der Waals surface area contributed by atoms with Crippen LogP contribution in [0.1, 0.15) is 78.1 Å². The third-order valence-corrected chi connectivity index (χ3v) is 6.10. The summed E-state index contributed by atoms with van der Waals surface area (Å²) in [4.78, 5) is 31.3. The molecule has 0 radical (unpaired) electrons. The summed E-state index contributed by atoms with van der Waals surface area (Å²) in [6.07, 6.45) is 9.34. The van der Waals surface area contributed by atoms with Crippen LogP contribution in [0.3, 0.4) is 0 Å². The number of hydrogen-bond acceptors (Lipinski definition) is 9. The molecule has 0 saturated carbocycles. The number of unbranched alkanes of at least 4 members (excludes halogenated alkanes) is 6. The zero-order valence-electron chi connectivity index (χ0n) is 17.1. The summed E-state index contributed by atoms with van der Waals surface area (Å²) in [5.74, 6) is 0. The second-order valence-electron chi connectivity index (χ2n) is 6.99. The van der Waals surface area contributed by atoms with Gasteiger partial charge in [-0.25, -0.2) is 4.31 Å². The van der Waals surface area contributed by atoms with Gasteiger partial charge in [0, 0.05) is 0 Å². The van der Waals surface area contributed by atoms with Crippen molar-refractivity contribution in [3.63, 3.8) is 0 Å². The first-order chi connectivity index (χ1) is 13.2. The first kappa shape index (κ1) is 30.7. The monoisotopic (exact) mass is 450 g/mol. The molecule has 9 nitrogen and oxygen atoms in total. The molecule has 0 aliphatic heterocycles. The molecular weight excluding hydrogens is 410 g/mol. The molecular formula is C17H40O9P2. The SMILES string of the molecule is CCCCCCC(O)(CCCCCC)C(CO)(CO)CO.OP(O)OP(O)O. The largest absolute Gasteiger partial charge is 0.395 e. The van der Waals surface area contributed by atoms with Gasteiger partial charge in [-0.1, -0.05) is 65.2 Å². The van der Waals surface area contributed by atoms with Crippen molar-refractivity contribution in [2.24, 2.45) is 5.41 Å². The number of hydrogen-bond donors (Lipinski definition) is 8. The van der Waals surface area contributed by atoms with E-state index >= 15 is 0 Å². The molecule has 0 aromatic rings. The molecule has 0 amide bonds. The molecule has 0 bridgehead atoms. The number of aliphatic hydroxyl groups excluding tert-OH is 3. The highest BCUT2D eigenvalue weighted by Gasteiger charge is 2.48. The van der Waals surface area contributed by atoms with Gasteiger partial charge in [-0.05, 0) is 12.8 Å². The van der Waals surface area contributed by atoms with Gasteiger partial charge in [0.05, 0.1) is 30.8 Å². The fraction of sp³-hybridized carbons (Fsp3) is 1.00. The lowest BCUT2D eigenvalue weighted by molar-refractivity contribution is -0.162. The van der Waals surface area contributed by atoms with E-state index < -0.39 is 48.0 Å². The first-order valence-corrected chi connectivity index (χ1v) is 12.1. The maximum Gasteiger partial charge on any atom is 0.334 e. The van der Waals surface area contributed by atoms with E-state index in [1.165, 1.54) is 0 Å². The molecule has 0 rings (SSSR count). The lowest BCUT2D eigenvalue weighted by Gasteiger charge is -2.44. The lowest BCUT2D eigenvalue weighted by Crippen LogP contribution is -2.55. The maximum absolute atomic E-state index is 11.0. The minimum Gasteiger partial charge on any atom is -0.395 e. The van der Waals surface area contributed by atoms with Crippen LogP contribution in [-0.4, -0.2) is 65.4 Å². The highest BCUT2D eigenvalue weighted by atomic mass is 31.2. The summed E-state index contributed by atoms with van der Waals surface area (Å²) in [6.45, 7) is 3.10. The van der Waals surface area contributed by atoms with Gasteiger partial charge in [0.15, 0.2) is 0 Å². The third-order valence-electron chi connectivity index (χ3n) is 4.93. The molecule has 0 fully saturated rings. The van der Waals surface area contributed by atoms with Crippen LogP contribution in [0.15, 0.2) is 0 Å². The summed E-state index contributed by atoms with van der Waals surface area (Å²) in [7, 11) is -5.22. The van der Waals surface area contributed by atoms with E-state index in [-0.39, 0.29) is 0 Å². The van der Waals surface area contributed by atoms with Crippen LogP contribution in [-0.2, 0) is 4.31 Å². The molecule has 0 spiro atoms. The molecule has 28 heavy (non-hydrogen) atoms. The molecule has 0 aliphatic rings. The Hall–Kier alpha value is 0.500. The Balaban J connectivity index is 0. The molecule has 0 unspecified atom stereocenters. The summed E-state index contributed by atoms with van der Waals surface area (Å²) < 4.78 is 3.60. The summed E-state index contributed by atoms with van der Waals surface area (Å²) in [5, 5.41) is 40.0. The summed E-state index contributed by atoms with van der Waals surface area (Å²) in [5.41, 5.74) is -2.39. The smallest absolute Gasteiger partial charge is 0.334 e. The van der Waals surface area contributed by atoms with E-state index in [0.717, 1.165) is 51.4 Å². The van der Waals surface area contributed by atoms with Crippen molar-refractivity contribution >= 4 is 17.2 Å². The Labute approximate surface area is 171 Å². The van der Waals surface area contributed by atoms with Crippen LogP contribution in [0.5, 0.6) is 0 Å². The van der Waals surface area contributed by atoms with E-state index in [0.29, 0.717) is 12.8 Å². The Bertz CT molecular complexity index is 316. The Morgan fingerprint density at radius 1 is 0.643 bits per heavy atom. The van der Waals surface area contributed by atoms with Crippen molar-refractivity contribution in [2.75, 3.05) is 19.8 Å². The highest BCUT2D eigenvalue weighted by molar-refractivity contribution is 7.53. The van der Waals surface area contributed by atoms with Gasteiger partial charge in [-0.15, -0.1) is 0 Å². The maximum atomic E-state index is 11.0. The molecule has 0 aromatic heterocycles. The molecule has 0 atom stereocenters. The van der Waals surface area contributed by atoms with Crippen molar-refractivity contribution in [2.45, 2.75) is 83.7 Å². The number of rotatable bonds is 16. The van der Waals surface area contributed by atoms with Crippen LogP contribution >= 0.6 is 17.2 Å². The number of aliphatic hydroxyl groups is 4. The average Bonchev–Trinajstić information content (AvgIpc) is 2.64. The zero-order valence-corrected chi connectivity index (χ0v) is 18.9. The van der Waals surface area contributed by atoms with Gasteiger partial charge in [-0.3, -0.25) is 0 Å². The lowest BCUT2D eigenvalue weighted by atomic mass is 9.68. The normalized spacial score (nSPS) is 12.4. The van der Waals surface area contributed by atoms with E-state index in [1.807, 2.05) is 0 Å². The third kappa shape index (κ3) is 12.9. The van der Waals surface area contributed by atoms with Gasteiger partial charge < -0.3 is 40.0 Å². The van der Waals surface area contributed by atoms with Crippen molar-refractivity contribution in [1.29, 1.82) is 0 Å². The molecule has 0 aromatic carbocycles. The standard InChI is InChI=1S/C17H36O4.H4O5P2/c1-3-5-7-9-11-17(21,12-10-8-6-4-2)16(13-18,14-19)15-20;1-6(2)5-7(3)4/h18-21H,3-15H2,1-2H3;1-4H. The minimum absolute atomic E-state index is 0.391. The Morgan fingerprint density at radius 3 is 1.21 bits per heavy atom. The van der Waals surface area contributed by atoms with Gasteiger partial charge >= 0.3 is 17.2 Å². The topological polar surface area (TPSA) is 171 Å². The molecule has 11 heteroatoms. The van der Waals surface area contributed by atoms with Crippen molar-refractivity contribution in [3.05, 3.63) is 0 Å². The van der Waals surface area contributed by atoms with Crippen LogP contribution < -0.4 is 0 Å². The van der Waals surface area contributed by atoms with Crippen LogP contribution in [0.4, 0.5) is 0 Å². The van der Waals surface area contributed by atoms with E-state index in [2.05, 4.69) is 18.2 Å². The second-order valence-corrected chi connectivity index (χ2v) is 8.66. The average molecular weight is 450 g/mol. The van der Waals surface area contributed by atoms with Crippen LogP contribution in [0.2, 0.25) is 0 Å². The quantitative estimate of drug-likeness (QED) is 0.129. The molecule has 8 N–H and O–H groups in total. The van der Waals surface area contributed by atoms with Crippen LogP contribution in [0, 0.1) is 5.41 Å². The predicted octanol–water partition coefficient (Wildman–Crippen LogP) is 2.05. The Kier molecular flexibility index (Phi) is 20.0.